The number of fused-ring (bicyclic) bond motifs is 1. The average Bonchev–Trinajstić information content (AvgIpc) is 3.02. The summed E-state index contributed by atoms with van der Waals surface area (Å²) in [6.07, 6.45) is 3.12. The van der Waals surface area contributed by atoms with Crippen LogP contribution < -0.4 is 0 Å². The largest absolute Gasteiger partial charge is 0.480 e. The Morgan fingerprint density at radius 1 is 1.52 bits per heavy atom. The normalized spacial score (nSPS) is 22.2. The molecule has 2 aromatic heterocycles. The van der Waals surface area contributed by atoms with Gasteiger partial charge in [0.15, 0.2) is 5.82 Å². The van der Waals surface area contributed by atoms with Crippen LogP contribution in [0.15, 0.2) is 16.0 Å². The third-order valence-corrected chi connectivity index (χ3v) is 5.06. The Morgan fingerprint density at radius 3 is 3.14 bits per heavy atom. The van der Waals surface area contributed by atoms with E-state index in [0.29, 0.717) is 24.9 Å². The molecule has 0 radical (unpaired) electrons. The summed E-state index contributed by atoms with van der Waals surface area (Å²) >= 11 is 1.63. The highest BCUT2D eigenvalue weighted by atomic mass is 32.1. The molecule has 1 fully saturated rings. The van der Waals surface area contributed by atoms with Gasteiger partial charge < -0.3 is 9.63 Å². The van der Waals surface area contributed by atoms with Crippen LogP contribution >= 0.6 is 11.3 Å². The van der Waals surface area contributed by atoms with E-state index < -0.39 is 12.0 Å². The molecule has 2 aromatic rings. The predicted octanol–water partition coefficient (Wildman–Crippen LogP) is 2.19. The molecule has 6 nitrogen and oxygen atoms in total. The Labute approximate surface area is 125 Å². The van der Waals surface area contributed by atoms with Crippen molar-refractivity contribution in [2.45, 2.75) is 37.8 Å². The zero-order chi connectivity index (χ0) is 14.4. The van der Waals surface area contributed by atoms with Crippen molar-refractivity contribution in [2.24, 2.45) is 0 Å². The van der Waals surface area contributed by atoms with Crippen molar-refractivity contribution in [3.63, 3.8) is 0 Å². The Bertz CT molecular complexity index is 677. The first kappa shape index (κ1) is 13.0. The van der Waals surface area contributed by atoms with E-state index in [1.54, 1.807) is 11.3 Å². The van der Waals surface area contributed by atoms with Crippen molar-refractivity contribution < 1.29 is 14.4 Å². The first-order valence-electron chi connectivity index (χ1n) is 7.08. The highest BCUT2D eigenvalue weighted by molar-refractivity contribution is 7.10. The van der Waals surface area contributed by atoms with Crippen LogP contribution in [0.3, 0.4) is 0 Å². The molecule has 7 heteroatoms. The van der Waals surface area contributed by atoms with Gasteiger partial charge >= 0.3 is 5.97 Å². The molecule has 1 aliphatic carbocycles. The molecule has 1 aliphatic heterocycles. The Balaban J connectivity index is 1.57. The van der Waals surface area contributed by atoms with Crippen molar-refractivity contribution in [1.82, 2.24) is 15.0 Å². The molecule has 0 bridgehead atoms. The molecule has 2 aliphatic rings. The topological polar surface area (TPSA) is 79.5 Å². The van der Waals surface area contributed by atoms with Crippen LogP contribution in [-0.2, 0) is 17.8 Å². The molecule has 1 unspecified atom stereocenters. The zero-order valence-electron chi connectivity index (χ0n) is 11.4. The summed E-state index contributed by atoms with van der Waals surface area (Å²) in [7, 11) is 0. The Hall–Kier alpha value is -1.73. The second-order valence-corrected chi connectivity index (χ2v) is 6.58. The number of aromatic nitrogens is 2. The van der Waals surface area contributed by atoms with Crippen LogP contribution in [0.5, 0.6) is 0 Å². The van der Waals surface area contributed by atoms with E-state index >= 15 is 0 Å². The maximum Gasteiger partial charge on any atom is 0.325 e. The molecule has 3 heterocycles. The van der Waals surface area contributed by atoms with Gasteiger partial charge in [-0.1, -0.05) is 5.16 Å². The number of nitrogens with zero attached hydrogens (tertiary/aromatic N) is 3. The van der Waals surface area contributed by atoms with Crippen molar-refractivity contribution in [2.75, 3.05) is 6.54 Å². The molecule has 110 valence electrons. The molecule has 0 spiro atoms. The minimum Gasteiger partial charge on any atom is -0.480 e. The molecule has 1 N–H and O–H groups in total. The molecule has 21 heavy (non-hydrogen) atoms. The Morgan fingerprint density at radius 2 is 2.38 bits per heavy atom. The summed E-state index contributed by atoms with van der Waals surface area (Å²) in [6, 6.07) is 1.30. The van der Waals surface area contributed by atoms with Crippen LogP contribution in [0.1, 0.15) is 47.0 Å². The number of hydrogen-bond acceptors (Lipinski definition) is 6. The van der Waals surface area contributed by atoms with Crippen LogP contribution in [0.2, 0.25) is 0 Å². The molecular weight excluding hydrogens is 290 g/mol. The van der Waals surface area contributed by atoms with Gasteiger partial charge in [-0.15, -0.1) is 11.3 Å². The van der Waals surface area contributed by atoms with Gasteiger partial charge in [-0.3, -0.25) is 9.69 Å². The minimum absolute atomic E-state index is 0.395. The van der Waals surface area contributed by atoms with E-state index in [2.05, 4.69) is 10.1 Å². The monoisotopic (exact) mass is 305 g/mol. The lowest BCUT2D eigenvalue weighted by Gasteiger charge is -2.31. The SMILES string of the molecule is O=C(O)C1c2ccsc2CCN1Cc1nc(C2CC2)no1. The molecule has 1 atom stereocenters. The molecular formula is C14H15N3O3S. The first-order valence-corrected chi connectivity index (χ1v) is 7.96. The maximum absolute atomic E-state index is 11.6. The number of hydrogen-bond donors (Lipinski definition) is 1. The summed E-state index contributed by atoms with van der Waals surface area (Å²) in [6.45, 7) is 1.09. The number of carbonyl (C=O) groups is 1. The quantitative estimate of drug-likeness (QED) is 0.932. The lowest BCUT2D eigenvalue weighted by Crippen LogP contribution is -2.38. The highest BCUT2D eigenvalue weighted by Crippen LogP contribution is 2.38. The third kappa shape index (κ3) is 2.36. The van der Waals surface area contributed by atoms with Gasteiger partial charge in [-0.2, -0.15) is 4.98 Å². The van der Waals surface area contributed by atoms with Crippen LogP contribution in [0.25, 0.3) is 0 Å². The summed E-state index contributed by atoms with van der Waals surface area (Å²) in [4.78, 5) is 19.1. The summed E-state index contributed by atoms with van der Waals surface area (Å²) in [5.41, 5.74) is 0.903. The molecule has 0 saturated heterocycles. The van der Waals surface area contributed by atoms with Gasteiger partial charge in [0.25, 0.3) is 0 Å². The zero-order valence-corrected chi connectivity index (χ0v) is 12.2. The first-order chi connectivity index (χ1) is 10.2. The van der Waals surface area contributed by atoms with E-state index in [0.717, 1.165) is 30.7 Å². The van der Waals surface area contributed by atoms with Crippen molar-refractivity contribution in [1.29, 1.82) is 0 Å². The number of carboxylic acid groups (broad SMARTS) is 1. The van der Waals surface area contributed by atoms with Crippen LogP contribution in [-0.4, -0.2) is 32.7 Å². The fourth-order valence-electron chi connectivity index (χ4n) is 2.84. The minimum atomic E-state index is -0.823. The molecule has 4 rings (SSSR count). The van der Waals surface area contributed by atoms with Crippen molar-refractivity contribution in [3.05, 3.63) is 33.6 Å². The summed E-state index contributed by atoms with van der Waals surface area (Å²) in [5, 5.41) is 15.5. The van der Waals surface area contributed by atoms with Gasteiger partial charge in [0.2, 0.25) is 5.89 Å². The lowest BCUT2D eigenvalue weighted by molar-refractivity contribution is -0.144. The number of aliphatic carboxylic acids is 1. The van der Waals surface area contributed by atoms with E-state index in [-0.39, 0.29) is 0 Å². The molecule has 1 saturated carbocycles. The lowest BCUT2D eigenvalue weighted by atomic mass is 10.00. The van der Waals surface area contributed by atoms with Gasteiger partial charge in [-0.25, -0.2) is 0 Å². The average molecular weight is 305 g/mol. The second-order valence-electron chi connectivity index (χ2n) is 5.58. The van der Waals surface area contributed by atoms with E-state index in [1.807, 2.05) is 16.3 Å². The van der Waals surface area contributed by atoms with Crippen molar-refractivity contribution in [3.8, 4) is 0 Å². The Kier molecular flexibility index (Phi) is 3.04. The predicted molar refractivity (Wildman–Crippen MR) is 75.1 cm³/mol. The number of carboxylic acids is 1. The van der Waals surface area contributed by atoms with Gasteiger partial charge in [-0.05, 0) is 36.3 Å². The number of thiophene rings is 1. The van der Waals surface area contributed by atoms with Gasteiger partial charge in [0.05, 0.1) is 6.54 Å². The van der Waals surface area contributed by atoms with E-state index in [1.165, 1.54) is 4.88 Å². The van der Waals surface area contributed by atoms with Crippen LogP contribution in [0, 0.1) is 0 Å². The van der Waals surface area contributed by atoms with E-state index in [4.69, 9.17) is 4.52 Å². The third-order valence-electron chi connectivity index (χ3n) is 4.06. The maximum atomic E-state index is 11.6. The van der Waals surface area contributed by atoms with Crippen LogP contribution in [0.4, 0.5) is 0 Å². The molecule has 0 aromatic carbocycles. The number of rotatable bonds is 4. The summed E-state index contributed by atoms with van der Waals surface area (Å²) in [5.74, 6) is 0.908. The van der Waals surface area contributed by atoms with E-state index in [9.17, 15) is 9.90 Å². The van der Waals surface area contributed by atoms with Gasteiger partial charge in [0, 0.05) is 17.3 Å². The van der Waals surface area contributed by atoms with Gasteiger partial charge in [0.1, 0.15) is 6.04 Å². The highest BCUT2D eigenvalue weighted by Gasteiger charge is 2.35. The smallest absolute Gasteiger partial charge is 0.325 e. The fraction of sp³-hybridized carbons (Fsp3) is 0.500. The fourth-order valence-corrected chi connectivity index (χ4v) is 3.75. The second kappa shape index (κ2) is 4.92. The molecule has 0 amide bonds. The summed E-state index contributed by atoms with van der Waals surface area (Å²) < 4.78 is 5.27. The van der Waals surface area contributed by atoms with Crippen molar-refractivity contribution >= 4 is 17.3 Å². The standard InChI is InChI=1S/C14H15N3O3S/c18-14(19)12-9-4-6-21-10(9)3-5-17(12)7-11-15-13(16-20-11)8-1-2-8/h4,6,8,12H,1-3,5,7H2,(H,18,19).